The predicted molar refractivity (Wildman–Crippen MR) is 98.4 cm³/mol. The van der Waals surface area contributed by atoms with Gasteiger partial charge in [0.2, 0.25) is 0 Å². The molecule has 0 fully saturated rings. The van der Waals surface area contributed by atoms with Gasteiger partial charge in [-0.2, -0.15) is 0 Å². The van der Waals surface area contributed by atoms with E-state index in [4.69, 9.17) is 10.2 Å². The Balaban J connectivity index is 6.19. The van der Waals surface area contributed by atoms with E-state index in [1.807, 2.05) is 37.9 Å². The van der Waals surface area contributed by atoms with Gasteiger partial charge < -0.3 is 15.3 Å². The molecule has 0 heterocycles. The van der Waals surface area contributed by atoms with Crippen LogP contribution in [0.25, 0.3) is 0 Å². The Bertz CT molecular complexity index is 441. The molecule has 122 valence electrons. The number of rotatable bonds is 9. The minimum atomic E-state index is -2.70. The molecule has 0 aromatic heterocycles. The van der Waals surface area contributed by atoms with Gasteiger partial charge in [0.1, 0.15) is 0 Å². The monoisotopic (exact) mass is 319 g/mol. The highest BCUT2D eigenvalue weighted by molar-refractivity contribution is 6.88. The maximum absolute atomic E-state index is 10.1. The molecule has 0 amide bonds. The first-order chi connectivity index (χ1) is 10.2. The van der Waals surface area contributed by atoms with E-state index in [2.05, 4.69) is 19.7 Å². The van der Waals surface area contributed by atoms with Gasteiger partial charge in [-0.25, -0.2) is 0 Å². The number of aliphatic hydroxyl groups excluding tert-OH is 1. The van der Waals surface area contributed by atoms with Crippen molar-refractivity contribution >= 4 is 8.32 Å². The second-order valence-corrected chi connectivity index (χ2v) is 8.31. The lowest BCUT2D eigenvalue weighted by atomic mass is 10.3. The van der Waals surface area contributed by atoms with Gasteiger partial charge in [0.25, 0.3) is 8.32 Å². The molecule has 22 heavy (non-hydrogen) atoms. The number of allylic oxidation sites excluding steroid dienone is 6. The molecule has 0 aliphatic rings. The van der Waals surface area contributed by atoms with E-state index in [1.165, 1.54) is 0 Å². The molecule has 0 bridgehead atoms. The van der Waals surface area contributed by atoms with E-state index in [-0.39, 0.29) is 0 Å². The summed E-state index contributed by atoms with van der Waals surface area (Å²) in [4.78, 5) is 0. The number of hydrogen-bond donors (Lipinski definition) is 2. The Morgan fingerprint density at radius 1 is 0.955 bits per heavy atom. The highest BCUT2D eigenvalue weighted by Gasteiger charge is 2.32. The van der Waals surface area contributed by atoms with Crippen molar-refractivity contribution in [2.24, 2.45) is 5.73 Å². The van der Waals surface area contributed by atoms with Gasteiger partial charge in [-0.15, -0.1) is 0 Å². The van der Waals surface area contributed by atoms with Crippen LogP contribution in [0.5, 0.6) is 0 Å². The minimum absolute atomic E-state index is 0.487. The van der Waals surface area contributed by atoms with Crippen LogP contribution in [0.2, 0.25) is 0 Å². The van der Waals surface area contributed by atoms with E-state index < -0.39 is 20.6 Å². The van der Waals surface area contributed by atoms with Gasteiger partial charge in [-0.1, -0.05) is 71.8 Å². The maximum atomic E-state index is 10.1. The molecule has 0 unspecified atom stereocenters. The Labute approximate surface area is 136 Å². The van der Waals surface area contributed by atoms with Crippen LogP contribution in [-0.2, 0) is 4.43 Å². The SMILES string of the molecule is C=C/C(C)=C/[Si](/C=C(\C)C=C)(/C=C(\C)C=C)O[C@@H](O)[C@@H](C)N. The zero-order valence-corrected chi connectivity index (χ0v) is 15.2. The molecule has 0 rings (SSSR count). The lowest BCUT2D eigenvalue weighted by molar-refractivity contribution is -0.0356. The van der Waals surface area contributed by atoms with Crippen LogP contribution in [0.3, 0.4) is 0 Å². The molecule has 0 saturated heterocycles. The fourth-order valence-corrected chi connectivity index (χ4v) is 5.36. The molecular weight excluding hydrogens is 290 g/mol. The molecule has 0 aliphatic heterocycles. The first-order valence-corrected chi connectivity index (χ1v) is 9.41. The molecule has 2 atom stereocenters. The molecule has 0 aliphatic carbocycles. The summed E-state index contributed by atoms with van der Waals surface area (Å²) in [5.74, 6) is 0. The molecule has 0 radical (unpaired) electrons. The fraction of sp³-hybridized carbons (Fsp3) is 0.333. The standard InChI is InChI=1S/C18H29NO2Si/c1-8-14(4)11-22(12-15(5)9-2,13-16(6)10-3)21-18(20)17(7)19/h8-13,17-18,20H,1-3,19H2,4-7H3/b14-11+,15-12+,16-13+/t17-,18-/m1/s1. The Kier molecular flexibility index (Phi) is 8.90. The number of aliphatic hydroxyl groups is 1. The van der Waals surface area contributed by atoms with E-state index in [0.717, 1.165) is 16.7 Å². The fourth-order valence-electron chi connectivity index (χ4n) is 1.79. The zero-order chi connectivity index (χ0) is 17.3. The molecule has 3 N–H and O–H groups in total. The van der Waals surface area contributed by atoms with Crippen LogP contribution in [0, 0.1) is 0 Å². The van der Waals surface area contributed by atoms with Crippen LogP contribution in [0.4, 0.5) is 0 Å². The first kappa shape index (κ1) is 20.5. The van der Waals surface area contributed by atoms with Crippen molar-refractivity contribution in [1.82, 2.24) is 0 Å². The lowest BCUT2D eigenvalue weighted by Crippen LogP contribution is -2.45. The summed E-state index contributed by atoms with van der Waals surface area (Å²) < 4.78 is 6.01. The van der Waals surface area contributed by atoms with Crippen LogP contribution in [0.1, 0.15) is 27.7 Å². The molecule has 4 heteroatoms. The van der Waals surface area contributed by atoms with Crippen molar-refractivity contribution < 1.29 is 9.53 Å². The van der Waals surface area contributed by atoms with Crippen LogP contribution in [0.15, 0.2) is 71.8 Å². The van der Waals surface area contributed by atoms with Crippen LogP contribution in [-0.4, -0.2) is 25.8 Å². The Morgan fingerprint density at radius 2 is 1.27 bits per heavy atom. The van der Waals surface area contributed by atoms with Crippen LogP contribution >= 0.6 is 0 Å². The molecule has 0 spiro atoms. The van der Waals surface area contributed by atoms with E-state index >= 15 is 0 Å². The minimum Gasteiger partial charge on any atom is -0.379 e. The third kappa shape index (κ3) is 7.00. The molecule has 0 aromatic carbocycles. The van der Waals surface area contributed by atoms with Crippen molar-refractivity contribution in [1.29, 1.82) is 0 Å². The first-order valence-electron chi connectivity index (χ1n) is 7.26. The quantitative estimate of drug-likeness (QED) is 0.388. The Hall–Kier alpha value is -1.46. The summed E-state index contributed by atoms with van der Waals surface area (Å²) in [6.07, 6.45) is 4.23. The largest absolute Gasteiger partial charge is 0.379 e. The van der Waals surface area contributed by atoms with Crippen LogP contribution < -0.4 is 5.73 Å². The second kappa shape index (κ2) is 9.53. The normalized spacial score (nSPS) is 16.9. The zero-order valence-electron chi connectivity index (χ0n) is 14.2. The average molecular weight is 320 g/mol. The van der Waals surface area contributed by atoms with E-state index in [0.29, 0.717) is 0 Å². The smallest absolute Gasteiger partial charge is 0.270 e. The number of nitrogens with two attached hydrogens (primary N) is 1. The van der Waals surface area contributed by atoms with Crippen molar-refractivity contribution in [2.45, 2.75) is 40.0 Å². The van der Waals surface area contributed by atoms with Crippen molar-refractivity contribution in [3.8, 4) is 0 Å². The summed E-state index contributed by atoms with van der Waals surface area (Å²) >= 11 is 0. The summed E-state index contributed by atoms with van der Waals surface area (Å²) in [5.41, 5.74) is 14.7. The van der Waals surface area contributed by atoms with Gasteiger partial charge in [0, 0.05) is 0 Å². The van der Waals surface area contributed by atoms with Gasteiger partial charge in [0.05, 0.1) is 6.04 Å². The van der Waals surface area contributed by atoms with Crippen molar-refractivity contribution in [2.75, 3.05) is 0 Å². The van der Waals surface area contributed by atoms with Gasteiger partial charge >= 0.3 is 0 Å². The van der Waals surface area contributed by atoms with Crippen molar-refractivity contribution in [3.63, 3.8) is 0 Å². The molecule has 0 aromatic rings. The van der Waals surface area contributed by atoms with E-state index in [9.17, 15) is 5.11 Å². The Morgan fingerprint density at radius 3 is 1.50 bits per heavy atom. The predicted octanol–water partition coefficient (Wildman–Crippen LogP) is 3.63. The summed E-state index contributed by atoms with van der Waals surface area (Å²) in [6.45, 7) is 18.9. The van der Waals surface area contributed by atoms with Gasteiger partial charge in [-0.3, -0.25) is 0 Å². The summed E-state index contributed by atoms with van der Waals surface area (Å²) in [6, 6.07) is -0.487. The summed E-state index contributed by atoms with van der Waals surface area (Å²) in [5, 5.41) is 10.1. The third-order valence-electron chi connectivity index (χ3n) is 3.10. The van der Waals surface area contributed by atoms with E-state index in [1.54, 1.807) is 25.2 Å². The third-order valence-corrected chi connectivity index (χ3v) is 6.47. The number of hydrogen-bond acceptors (Lipinski definition) is 3. The topological polar surface area (TPSA) is 55.5 Å². The lowest BCUT2D eigenvalue weighted by Gasteiger charge is -2.29. The highest BCUT2D eigenvalue weighted by Crippen LogP contribution is 2.21. The molecule has 0 saturated carbocycles. The van der Waals surface area contributed by atoms with Gasteiger partial charge in [0.15, 0.2) is 6.29 Å². The maximum Gasteiger partial charge on any atom is 0.270 e. The van der Waals surface area contributed by atoms with Crippen molar-refractivity contribution in [3.05, 3.63) is 71.8 Å². The molecule has 3 nitrogen and oxygen atoms in total. The average Bonchev–Trinajstić information content (AvgIpc) is 2.46. The highest BCUT2D eigenvalue weighted by atomic mass is 28.4. The second-order valence-electron chi connectivity index (χ2n) is 5.50. The van der Waals surface area contributed by atoms with Gasteiger partial charge in [-0.05, 0) is 27.7 Å². The molecular formula is C18H29NO2Si. The summed E-state index contributed by atoms with van der Waals surface area (Å²) in [7, 11) is -2.70.